The van der Waals surface area contributed by atoms with Crippen molar-refractivity contribution in [3.63, 3.8) is 0 Å². The minimum Gasteiger partial charge on any atom is -0.348 e. The first-order valence-corrected chi connectivity index (χ1v) is 5.59. The van der Waals surface area contributed by atoms with E-state index < -0.39 is 0 Å². The maximum absolute atomic E-state index is 12.2. The van der Waals surface area contributed by atoms with Gasteiger partial charge in [0.15, 0.2) is 0 Å². The zero-order valence-electron chi connectivity index (χ0n) is 9.18. The maximum Gasteiger partial charge on any atom is 0.229 e. The Hall–Kier alpha value is -0.570. The summed E-state index contributed by atoms with van der Waals surface area (Å²) in [5.41, 5.74) is -0.0538. The van der Waals surface area contributed by atoms with Gasteiger partial charge in [-0.15, -0.1) is 0 Å². The Morgan fingerprint density at radius 1 is 1.43 bits per heavy atom. The van der Waals surface area contributed by atoms with Crippen molar-refractivity contribution in [2.45, 2.75) is 25.7 Å². The molecule has 0 unspecified atom stereocenters. The molecule has 2 rings (SSSR count). The van der Waals surface area contributed by atoms with Gasteiger partial charge in [0, 0.05) is 20.6 Å². The fourth-order valence-electron chi connectivity index (χ4n) is 3.11. The van der Waals surface area contributed by atoms with Crippen molar-refractivity contribution in [2.75, 3.05) is 27.2 Å². The Morgan fingerprint density at radius 3 is 2.93 bits per heavy atom. The summed E-state index contributed by atoms with van der Waals surface area (Å²) in [7, 11) is 3.75. The Morgan fingerprint density at radius 2 is 2.21 bits per heavy atom. The van der Waals surface area contributed by atoms with Gasteiger partial charge in [0.25, 0.3) is 0 Å². The summed E-state index contributed by atoms with van der Waals surface area (Å²) in [5, 5.41) is 3.39. The average molecular weight is 196 g/mol. The zero-order valence-corrected chi connectivity index (χ0v) is 9.18. The highest BCUT2D eigenvalue weighted by molar-refractivity contribution is 5.83. The van der Waals surface area contributed by atoms with Crippen LogP contribution in [-0.2, 0) is 4.79 Å². The van der Waals surface area contributed by atoms with Crippen molar-refractivity contribution in [2.24, 2.45) is 11.3 Å². The van der Waals surface area contributed by atoms with Gasteiger partial charge < -0.3 is 10.2 Å². The lowest BCUT2D eigenvalue weighted by atomic mass is 9.67. The molecule has 2 aliphatic rings. The largest absolute Gasteiger partial charge is 0.348 e. The van der Waals surface area contributed by atoms with Gasteiger partial charge in [-0.1, -0.05) is 12.8 Å². The molecule has 1 saturated carbocycles. The smallest absolute Gasteiger partial charge is 0.229 e. The first-order valence-electron chi connectivity index (χ1n) is 5.59. The van der Waals surface area contributed by atoms with Crippen LogP contribution in [0, 0.1) is 11.3 Å². The van der Waals surface area contributed by atoms with E-state index in [0.717, 1.165) is 19.5 Å². The van der Waals surface area contributed by atoms with E-state index >= 15 is 0 Å². The van der Waals surface area contributed by atoms with Crippen molar-refractivity contribution in [3.8, 4) is 0 Å². The molecule has 0 bridgehead atoms. The standard InChI is InChI=1S/C11H20N2O/c1-13(2)10(14)11-6-4-3-5-9(11)7-12-8-11/h9,12H,3-8H2,1-2H3/t9-,11+/m0/s1. The zero-order chi connectivity index (χ0) is 10.2. The molecule has 3 nitrogen and oxygen atoms in total. The molecule has 0 aromatic rings. The highest BCUT2D eigenvalue weighted by Crippen LogP contribution is 2.44. The van der Waals surface area contributed by atoms with Crippen LogP contribution < -0.4 is 5.32 Å². The van der Waals surface area contributed by atoms with Crippen molar-refractivity contribution >= 4 is 5.91 Å². The summed E-state index contributed by atoms with van der Waals surface area (Å²) in [4.78, 5) is 14.0. The Labute approximate surface area is 85.8 Å². The number of hydrogen-bond donors (Lipinski definition) is 1. The summed E-state index contributed by atoms with van der Waals surface area (Å²) in [5.74, 6) is 0.929. The van der Waals surface area contributed by atoms with E-state index in [9.17, 15) is 4.79 Å². The van der Waals surface area contributed by atoms with Crippen molar-refractivity contribution in [1.82, 2.24) is 10.2 Å². The molecule has 14 heavy (non-hydrogen) atoms. The molecule has 0 spiro atoms. The van der Waals surface area contributed by atoms with Gasteiger partial charge in [0.2, 0.25) is 5.91 Å². The molecule has 80 valence electrons. The molecule has 1 aliphatic heterocycles. The molecule has 1 amide bonds. The lowest BCUT2D eigenvalue weighted by molar-refractivity contribution is -0.142. The van der Waals surface area contributed by atoms with Gasteiger partial charge in [0.05, 0.1) is 5.41 Å². The summed E-state index contributed by atoms with van der Waals surface area (Å²) in [6.45, 7) is 1.94. The molecule has 2 atom stereocenters. The molecule has 1 heterocycles. The van der Waals surface area contributed by atoms with E-state index in [0.29, 0.717) is 11.8 Å². The van der Waals surface area contributed by atoms with E-state index in [4.69, 9.17) is 0 Å². The van der Waals surface area contributed by atoms with E-state index in [1.807, 2.05) is 14.1 Å². The third-order valence-electron chi connectivity index (χ3n) is 3.87. The van der Waals surface area contributed by atoms with Crippen molar-refractivity contribution < 1.29 is 4.79 Å². The normalized spacial score (nSPS) is 36.6. The quantitative estimate of drug-likeness (QED) is 0.674. The van der Waals surface area contributed by atoms with Gasteiger partial charge in [-0.25, -0.2) is 0 Å². The monoisotopic (exact) mass is 196 g/mol. The number of amides is 1. The molecule has 0 radical (unpaired) electrons. The van der Waals surface area contributed by atoms with Crippen LogP contribution in [0.4, 0.5) is 0 Å². The van der Waals surface area contributed by atoms with Crippen LogP contribution in [0.1, 0.15) is 25.7 Å². The van der Waals surface area contributed by atoms with Crippen LogP contribution in [0.2, 0.25) is 0 Å². The Kier molecular flexibility index (Phi) is 2.52. The predicted octanol–water partition coefficient (Wildman–Crippen LogP) is 0.854. The number of nitrogens with one attached hydrogen (secondary N) is 1. The van der Waals surface area contributed by atoms with Crippen LogP contribution >= 0.6 is 0 Å². The summed E-state index contributed by atoms with van der Waals surface area (Å²) < 4.78 is 0. The highest BCUT2D eigenvalue weighted by Gasteiger charge is 2.50. The van der Waals surface area contributed by atoms with Crippen LogP contribution in [0.25, 0.3) is 0 Å². The highest BCUT2D eigenvalue weighted by atomic mass is 16.2. The van der Waals surface area contributed by atoms with Gasteiger partial charge in [-0.3, -0.25) is 4.79 Å². The molecular weight excluding hydrogens is 176 g/mol. The summed E-state index contributed by atoms with van der Waals surface area (Å²) >= 11 is 0. The summed E-state index contributed by atoms with van der Waals surface area (Å²) in [6.07, 6.45) is 4.83. The first-order chi connectivity index (χ1) is 6.67. The topological polar surface area (TPSA) is 32.3 Å². The van der Waals surface area contributed by atoms with Crippen molar-refractivity contribution in [3.05, 3.63) is 0 Å². The molecule has 1 aliphatic carbocycles. The third-order valence-corrected chi connectivity index (χ3v) is 3.87. The molecule has 1 saturated heterocycles. The van der Waals surface area contributed by atoms with E-state index in [1.165, 1.54) is 19.3 Å². The fourth-order valence-corrected chi connectivity index (χ4v) is 3.11. The second-order valence-electron chi connectivity index (χ2n) is 4.93. The maximum atomic E-state index is 12.2. The van der Waals surface area contributed by atoms with Crippen LogP contribution in [0.15, 0.2) is 0 Å². The van der Waals surface area contributed by atoms with Gasteiger partial charge in [0.1, 0.15) is 0 Å². The minimum absolute atomic E-state index is 0.0538. The van der Waals surface area contributed by atoms with Gasteiger partial charge in [-0.2, -0.15) is 0 Å². The second-order valence-corrected chi connectivity index (χ2v) is 4.93. The van der Waals surface area contributed by atoms with Gasteiger partial charge in [-0.05, 0) is 25.3 Å². The second kappa shape index (κ2) is 3.54. The molecule has 3 heteroatoms. The first kappa shape index (κ1) is 9.97. The van der Waals surface area contributed by atoms with E-state index in [1.54, 1.807) is 4.90 Å². The van der Waals surface area contributed by atoms with Crippen molar-refractivity contribution in [1.29, 1.82) is 0 Å². The fraction of sp³-hybridized carbons (Fsp3) is 0.909. The number of nitrogens with zero attached hydrogens (tertiary/aromatic N) is 1. The molecule has 1 N–H and O–H groups in total. The molecular formula is C11H20N2O. The third kappa shape index (κ3) is 1.34. The van der Waals surface area contributed by atoms with E-state index in [-0.39, 0.29) is 5.41 Å². The van der Waals surface area contributed by atoms with Crippen LogP contribution in [-0.4, -0.2) is 38.0 Å². The van der Waals surface area contributed by atoms with Crippen LogP contribution in [0.3, 0.4) is 0 Å². The lowest BCUT2D eigenvalue weighted by Gasteiger charge is -2.38. The lowest BCUT2D eigenvalue weighted by Crippen LogP contribution is -2.47. The molecule has 0 aromatic carbocycles. The number of carbonyl (C=O) groups excluding carboxylic acids is 1. The Bertz CT molecular complexity index is 239. The van der Waals surface area contributed by atoms with Gasteiger partial charge >= 0.3 is 0 Å². The van der Waals surface area contributed by atoms with E-state index in [2.05, 4.69) is 5.32 Å². The number of hydrogen-bond acceptors (Lipinski definition) is 2. The number of rotatable bonds is 1. The van der Waals surface area contributed by atoms with Crippen LogP contribution in [0.5, 0.6) is 0 Å². The summed E-state index contributed by atoms with van der Waals surface area (Å²) in [6, 6.07) is 0. The SMILES string of the molecule is CN(C)C(=O)[C@@]12CCCC[C@H]1CNC2. The predicted molar refractivity (Wildman–Crippen MR) is 56.0 cm³/mol. The average Bonchev–Trinajstić information content (AvgIpc) is 2.60. The Balaban J connectivity index is 2.22. The molecule has 0 aromatic heterocycles. The molecule has 2 fully saturated rings. The number of fused-ring (bicyclic) bond motifs is 1. The minimum atomic E-state index is -0.0538. The number of carbonyl (C=O) groups is 1.